The Morgan fingerprint density at radius 3 is 2.45 bits per heavy atom. The molecule has 1 fully saturated rings. The number of hydrogen-bond acceptors (Lipinski definition) is 4. The Kier molecular flexibility index (Phi) is 6.79. The highest BCUT2D eigenvalue weighted by molar-refractivity contribution is 5.99. The summed E-state index contributed by atoms with van der Waals surface area (Å²) in [6.45, 7) is 9.10. The van der Waals surface area contributed by atoms with Crippen molar-refractivity contribution in [3.05, 3.63) is 71.9 Å². The van der Waals surface area contributed by atoms with E-state index in [1.807, 2.05) is 36.5 Å². The molecule has 2 aromatic carbocycles. The number of carbonyl (C=O) groups excluding carboxylic acids is 1. The smallest absolute Gasteiger partial charge is 0.255 e. The zero-order chi connectivity index (χ0) is 21.6. The summed E-state index contributed by atoms with van der Waals surface area (Å²) in [5, 5.41) is 7.85. The van der Waals surface area contributed by atoms with Gasteiger partial charge in [0.15, 0.2) is 0 Å². The lowest BCUT2D eigenvalue weighted by Crippen LogP contribution is -2.41. The van der Waals surface area contributed by atoms with Gasteiger partial charge in [-0.15, -0.1) is 0 Å². The number of rotatable bonds is 7. The largest absolute Gasteiger partial charge is 0.379 e. The summed E-state index contributed by atoms with van der Waals surface area (Å²) in [6, 6.07) is 18.2. The summed E-state index contributed by atoms with van der Waals surface area (Å²) in [5.74, 6) is 0.359. The molecule has 1 N–H and O–H groups in total. The van der Waals surface area contributed by atoms with E-state index in [0.717, 1.165) is 44.1 Å². The lowest BCUT2D eigenvalue weighted by atomic mass is 10.00. The van der Waals surface area contributed by atoms with Crippen LogP contribution in [0, 0.1) is 0 Å². The summed E-state index contributed by atoms with van der Waals surface area (Å²) in [5.41, 5.74) is 4.42. The van der Waals surface area contributed by atoms with Gasteiger partial charge in [-0.3, -0.25) is 9.69 Å². The minimum absolute atomic E-state index is 0.0987. The normalized spacial score (nSPS) is 14.7. The van der Waals surface area contributed by atoms with E-state index in [2.05, 4.69) is 48.3 Å². The topological polar surface area (TPSA) is 59.4 Å². The predicted molar refractivity (Wildman–Crippen MR) is 123 cm³/mol. The van der Waals surface area contributed by atoms with Gasteiger partial charge in [0.2, 0.25) is 0 Å². The third-order valence-corrected chi connectivity index (χ3v) is 5.65. The Morgan fingerprint density at radius 2 is 1.77 bits per heavy atom. The Balaban J connectivity index is 1.57. The molecule has 2 heterocycles. The molecule has 0 atom stereocenters. The Bertz CT molecular complexity index is 990. The van der Waals surface area contributed by atoms with Crippen LogP contribution in [0.3, 0.4) is 0 Å². The molecule has 1 aliphatic rings. The maximum atomic E-state index is 13.1. The number of nitrogens with zero attached hydrogens (tertiary/aromatic N) is 3. The first-order chi connectivity index (χ1) is 15.1. The molecular weight excluding hydrogens is 388 g/mol. The Hall–Kier alpha value is -2.96. The highest BCUT2D eigenvalue weighted by Crippen LogP contribution is 2.26. The fraction of sp³-hybridized carbons (Fsp3) is 0.360. The van der Waals surface area contributed by atoms with E-state index in [1.165, 1.54) is 5.56 Å². The van der Waals surface area contributed by atoms with Crippen molar-refractivity contribution in [3.8, 4) is 16.9 Å². The number of ether oxygens (including phenoxy) is 1. The van der Waals surface area contributed by atoms with Crippen molar-refractivity contribution < 1.29 is 9.53 Å². The van der Waals surface area contributed by atoms with Crippen LogP contribution >= 0.6 is 0 Å². The van der Waals surface area contributed by atoms with Gasteiger partial charge in [0.05, 0.1) is 24.5 Å². The second kappa shape index (κ2) is 9.90. The van der Waals surface area contributed by atoms with Crippen molar-refractivity contribution in [2.75, 3.05) is 39.4 Å². The van der Waals surface area contributed by atoms with Crippen LogP contribution in [0.5, 0.6) is 0 Å². The maximum Gasteiger partial charge on any atom is 0.255 e. The number of nitrogens with one attached hydrogen (secondary N) is 1. The van der Waals surface area contributed by atoms with Crippen LogP contribution in [-0.4, -0.2) is 60.0 Å². The molecule has 31 heavy (non-hydrogen) atoms. The number of carbonyl (C=O) groups is 1. The second-order valence-electron chi connectivity index (χ2n) is 8.16. The average Bonchev–Trinajstić information content (AvgIpc) is 3.26. The monoisotopic (exact) mass is 418 g/mol. The van der Waals surface area contributed by atoms with Gasteiger partial charge in [-0.1, -0.05) is 56.3 Å². The molecule has 0 bridgehead atoms. The first-order valence-corrected chi connectivity index (χ1v) is 11.0. The summed E-state index contributed by atoms with van der Waals surface area (Å²) in [4.78, 5) is 15.4. The van der Waals surface area contributed by atoms with E-state index < -0.39 is 0 Å². The van der Waals surface area contributed by atoms with Gasteiger partial charge in [-0.25, -0.2) is 4.68 Å². The molecule has 162 valence electrons. The number of benzene rings is 2. The van der Waals surface area contributed by atoms with Gasteiger partial charge in [0.1, 0.15) is 5.69 Å². The van der Waals surface area contributed by atoms with E-state index in [4.69, 9.17) is 9.84 Å². The maximum absolute atomic E-state index is 13.1. The predicted octanol–water partition coefficient (Wildman–Crippen LogP) is 3.72. The highest BCUT2D eigenvalue weighted by atomic mass is 16.5. The quantitative estimate of drug-likeness (QED) is 0.635. The van der Waals surface area contributed by atoms with Gasteiger partial charge in [-0.2, -0.15) is 5.10 Å². The lowest BCUT2D eigenvalue weighted by molar-refractivity contribution is 0.0383. The summed E-state index contributed by atoms with van der Waals surface area (Å²) >= 11 is 0. The van der Waals surface area contributed by atoms with E-state index >= 15 is 0 Å². The van der Waals surface area contributed by atoms with E-state index in [0.29, 0.717) is 23.7 Å². The minimum Gasteiger partial charge on any atom is -0.379 e. The molecular formula is C25H30N4O2. The SMILES string of the molecule is CC(C)c1ccc(-c2nn(-c3ccccc3)cc2C(=O)NCCN2CCOCC2)cc1. The van der Waals surface area contributed by atoms with Crippen molar-refractivity contribution >= 4 is 5.91 Å². The standard InChI is InChI=1S/C25H30N4O2/c1-19(2)20-8-10-21(11-9-20)24-23(18-29(27-24)22-6-4-3-5-7-22)25(30)26-12-13-28-14-16-31-17-15-28/h3-11,18-19H,12-17H2,1-2H3,(H,26,30). The van der Waals surface area contributed by atoms with Crippen molar-refractivity contribution in [1.82, 2.24) is 20.0 Å². The van der Waals surface area contributed by atoms with Crippen molar-refractivity contribution in [3.63, 3.8) is 0 Å². The van der Waals surface area contributed by atoms with Crippen molar-refractivity contribution in [2.24, 2.45) is 0 Å². The first kappa shape index (κ1) is 21.3. The summed E-state index contributed by atoms with van der Waals surface area (Å²) in [6.07, 6.45) is 1.82. The fourth-order valence-corrected chi connectivity index (χ4v) is 3.74. The third kappa shape index (κ3) is 5.21. The number of morpholine rings is 1. The van der Waals surface area contributed by atoms with Gasteiger partial charge < -0.3 is 10.1 Å². The molecule has 6 nitrogen and oxygen atoms in total. The zero-order valence-electron chi connectivity index (χ0n) is 18.3. The van der Waals surface area contributed by atoms with E-state index in [9.17, 15) is 4.79 Å². The third-order valence-electron chi connectivity index (χ3n) is 5.65. The number of para-hydroxylation sites is 1. The average molecular weight is 419 g/mol. The molecule has 0 saturated carbocycles. The molecule has 0 unspecified atom stereocenters. The molecule has 6 heteroatoms. The van der Waals surface area contributed by atoms with Crippen molar-refractivity contribution in [1.29, 1.82) is 0 Å². The van der Waals surface area contributed by atoms with Crippen LogP contribution in [0.25, 0.3) is 16.9 Å². The van der Waals surface area contributed by atoms with E-state index in [-0.39, 0.29) is 5.91 Å². The van der Waals surface area contributed by atoms with Crippen LogP contribution in [0.2, 0.25) is 0 Å². The van der Waals surface area contributed by atoms with Crippen LogP contribution in [0.4, 0.5) is 0 Å². The van der Waals surface area contributed by atoms with Crippen LogP contribution in [0.15, 0.2) is 60.8 Å². The van der Waals surface area contributed by atoms with Gasteiger partial charge in [0.25, 0.3) is 5.91 Å². The molecule has 0 radical (unpaired) electrons. The lowest BCUT2D eigenvalue weighted by Gasteiger charge is -2.26. The molecule has 0 aliphatic carbocycles. The summed E-state index contributed by atoms with van der Waals surface area (Å²) in [7, 11) is 0. The first-order valence-electron chi connectivity index (χ1n) is 11.0. The molecule has 3 aromatic rings. The number of hydrogen-bond donors (Lipinski definition) is 1. The molecule has 1 aliphatic heterocycles. The molecule has 1 aromatic heterocycles. The molecule has 1 amide bonds. The highest BCUT2D eigenvalue weighted by Gasteiger charge is 2.19. The van der Waals surface area contributed by atoms with Gasteiger partial charge in [-0.05, 0) is 23.6 Å². The van der Waals surface area contributed by atoms with Crippen LogP contribution in [-0.2, 0) is 4.74 Å². The molecule has 0 spiro atoms. The summed E-state index contributed by atoms with van der Waals surface area (Å²) < 4.78 is 7.17. The second-order valence-corrected chi connectivity index (χ2v) is 8.16. The Labute approximate surface area is 183 Å². The minimum atomic E-state index is -0.0987. The molecule has 4 rings (SSSR count). The number of aromatic nitrogens is 2. The Morgan fingerprint density at radius 1 is 1.06 bits per heavy atom. The van der Waals surface area contributed by atoms with Crippen molar-refractivity contribution in [2.45, 2.75) is 19.8 Å². The van der Waals surface area contributed by atoms with Crippen LogP contribution in [0.1, 0.15) is 35.7 Å². The van der Waals surface area contributed by atoms with Gasteiger partial charge in [0, 0.05) is 37.9 Å². The van der Waals surface area contributed by atoms with E-state index in [1.54, 1.807) is 4.68 Å². The van der Waals surface area contributed by atoms with Gasteiger partial charge >= 0.3 is 0 Å². The van der Waals surface area contributed by atoms with Crippen LogP contribution < -0.4 is 5.32 Å². The molecule has 1 saturated heterocycles. The zero-order valence-corrected chi connectivity index (χ0v) is 18.3. The number of amides is 1. The fourth-order valence-electron chi connectivity index (χ4n) is 3.74.